The van der Waals surface area contributed by atoms with Gasteiger partial charge < -0.3 is 11.1 Å². The first-order chi connectivity index (χ1) is 7.27. The minimum atomic E-state index is 0.775. The first-order valence-corrected chi connectivity index (χ1v) is 4.64. The van der Waals surface area contributed by atoms with Crippen LogP contribution in [0.5, 0.6) is 0 Å². The monoisotopic (exact) mass is 200 g/mol. The van der Waals surface area contributed by atoms with Crippen LogP contribution in [-0.4, -0.2) is 9.97 Å². The predicted molar refractivity (Wildman–Crippen MR) is 60.9 cm³/mol. The second-order valence-corrected chi connectivity index (χ2v) is 3.27. The third kappa shape index (κ3) is 2.04. The Bertz CT molecular complexity index is 453. The molecule has 0 aliphatic carbocycles. The van der Waals surface area contributed by atoms with Crippen molar-refractivity contribution in [2.45, 2.75) is 6.92 Å². The Morgan fingerprint density at radius 3 is 2.67 bits per heavy atom. The smallest absolute Gasteiger partial charge is 0.115 e. The van der Waals surface area contributed by atoms with Crippen molar-refractivity contribution in [3.63, 3.8) is 0 Å². The molecule has 2 rings (SSSR count). The first-order valence-electron chi connectivity index (χ1n) is 4.64. The quantitative estimate of drug-likeness (QED) is 0.729. The van der Waals surface area contributed by atoms with E-state index in [4.69, 9.17) is 5.73 Å². The van der Waals surface area contributed by atoms with Crippen molar-refractivity contribution in [3.05, 3.63) is 42.5 Å². The Hall–Kier alpha value is -2.10. The molecule has 0 bridgehead atoms. The Morgan fingerprint density at radius 1 is 1.20 bits per heavy atom. The van der Waals surface area contributed by atoms with E-state index in [1.54, 1.807) is 12.4 Å². The summed E-state index contributed by atoms with van der Waals surface area (Å²) in [5.41, 5.74) is 9.44. The summed E-state index contributed by atoms with van der Waals surface area (Å²) in [6.07, 6.45) is 4.93. The van der Waals surface area contributed by atoms with E-state index >= 15 is 0 Å². The molecule has 0 amide bonds. The maximum absolute atomic E-state index is 5.80. The zero-order chi connectivity index (χ0) is 10.7. The van der Waals surface area contributed by atoms with Gasteiger partial charge in [-0.2, -0.15) is 0 Å². The Morgan fingerprint density at radius 2 is 1.93 bits per heavy atom. The largest absolute Gasteiger partial charge is 0.398 e. The van der Waals surface area contributed by atoms with Crippen LogP contribution in [0.15, 0.2) is 36.9 Å². The Kier molecular flexibility index (Phi) is 2.49. The average Bonchev–Trinajstić information content (AvgIpc) is 2.26. The summed E-state index contributed by atoms with van der Waals surface area (Å²) >= 11 is 0. The minimum absolute atomic E-state index is 0.775. The molecule has 0 aliphatic rings. The van der Waals surface area contributed by atoms with Gasteiger partial charge in [0.15, 0.2) is 0 Å². The van der Waals surface area contributed by atoms with Crippen LogP contribution in [0.1, 0.15) is 5.56 Å². The summed E-state index contributed by atoms with van der Waals surface area (Å²) in [6, 6.07) is 5.76. The van der Waals surface area contributed by atoms with E-state index in [0.717, 1.165) is 22.6 Å². The Labute approximate surface area is 88.2 Å². The third-order valence-corrected chi connectivity index (χ3v) is 2.22. The Balaban J connectivity index is 2.29. The molecule has 0 saturated heterocycles. The molecule has 3 N–H and O–H groups in total. The summed E-state index contributed by atoms with van der Waals surface area (Å²) in [5, 5.41) is 3.21. The third-order valence-electron chi connectivity index (χ3n) is 2.22. The number of hydrogen-bond acceptors (Lipinski definition) is 4. The van der Waals surface area contributed by atoms with E-state index < -0.39 is 0 Å². The number of rotatable bonds is 2. The predicted octanol–water partition coefficient (Wildman–Crippen LogP) is 2.11. The molecule has 4 nitrogen and oxygen atoms in total. The molecule has 15 heavy (non-hydrogen) atoms. The molecule has 0 radical (unpaired) electrons. The van der Waals surface area contributed by atoms with Gasteiger partial charge in [-0.3, -0.25) is 0 Å². The second-order valence-electron chi connectivity index (χ2n) is 3.27. The lowest BCUT2D eigenvalue weighted by molar-refractivity contribution is 1.17. The van der Waals surface area contributed by atoms with Gasteiger partial charge in [0, 0.05) is 11.4 Å². The van der Waals surface area contributed by atoms with Crippen LogP contribution >= 0.6 is 0 Å². The van der Waals surface area contributed by atoms with Crippen LogP contribution in [0.3, 0.4) is 0 Å². The fourth-order valence-electron chi connectivity index (χ4n) is 1.31. The maximum atomic E-state index is 5.80. The van der Waals surface area contributed by atoms with Gasteiger partial charge in [0.1, 0.15) is 6.33 Å². The van der Waals surface area contributed by atoms with E-state index in [0.29, 0.717) is 0 Å². The molecular formula is C11H12N4. The van der Waals surface area contributed by atoms with Crippen molar-refractivity contribution in [2.24, 2.45) is 0 Å². The fourth-order valence-corrected chi connectivity index (χ4v) is 1.31. The molecule has 4 heteroatoms. The number of nitrogens with one attached hydrogen (secondary N) is 1. The van der Waals surface area contributed by atoms with Gasteiger partial charge >= 0.3 is 0 Å². The van der Waals surface area contributed by atoms with E-state index in [-0.39, 0.29) is 0 Å². The molecule has 0 fully saturated rings. The number of nitrogens with two attached hydrogens (primary N) is 1. The molecule has 2 aromatic rings. The molecule has 0 atom stereocenters. The lowest BCUT2D eigenvalue weighted by atomic mass is 10.1. The molecule has 0 unspecified atom stereocenters. The molecule has 1 aromatic carbocycles. The van der Waals surface area contributed by atoms with Crippen LogP contribution in [0.2, 0.25) is 0 Å². The summed E-state index contributed by atoms with van der Waals surface area (Å²) in [5.74, 6) is 0. The molecular weight excluding hydrogens is 188 g/mol. The van der Waals surface area contributed by atoms with Gasteiger partial charge in [-0.25, -0.2) is 9.97 Å². The van der Waals surface area contributed by atoms with E-state index in [2.05, 4.69) is 15.3 Å². The van der Waals surface area contributed by atoms with Crippen molar-refractivity contribution in [1.29, 1.82) is 0 Å². The molecule has 1 heterocycles. The van der Waals surface area contributed by atoms with Crippen LogP contribution in [-0.2, 0) is 0 Å². The minimum Gasteiger partial charge on any atom is -0.398 e. The van der Waals surface area contributed by atoms with Crippen LogP contribution in [0.25, 0.3) is 0 Å². The topological polar surface area (TPSA) is 63.8 Å². The van der Waals surface area contributed by atoms with Crippen molar-refractivity contribution in [1.82, 2.24) is 9.97 Å². The highest BCUT2D eigenvalue weighted by Gasteiger charge is 2.01. The maximum Gasteiger partial charge on any atom is 0.115 e. The van der Waals surface area contributed by atoms with Gasteiger partial charge in [0.25, 0.3) is 0 Å². The second kappa shape index (κ2) is 3.96. The number of nitrogen functional groups attached to an aromatic ring is 1. The molecule has 0 spiro atoms. The number of hydrogen-bond donors (Lipinski definition) is 2. The number of nitrogens with zero attached hydrogens (tertiary/aromatic N) is 2. The van der Waals surface area contributed by atoms with Crippen LogP contribution in [0.4, 0.5) is 17.1 Å². The van der Waals surface area contributed by atoms with Crippen molar-refractivity contribution < 1.29 is 0 Å². The van der Waals surface area contributed by atoms with Crippen molar-refractivity contribution in [2.75, 3.05) is 11.1 Å². The number of benzene rings is 1. The van der Waals surface area contributed by atoms with Gasteiger partial charge in [-0.05, 0) is 24.6 Å². The summed E-state index contributed by atoms with van der Waals surface area (Å²) in [7, 11) is 0. The van der Waals surface area contributed by atoms with Crippen molar-refractivity contribution >= 4 is 17.1 Å². The fraction of sp³-hybridized carbons (Fsp3) is 0.0909. The van der Waals surface area contributed by atoms with Gasteiger partial charge in [-0.15, -0.1) is 0 Å². The average molecular weight is 200 g/mol. The highest BCUT2D eigenvalue weighted by atomic mass is 14.9. The van der Waals surface area contributed by atoms with Gasteiger partial charge in [0.05, 0.1) is 18.1 Å². The summed E-state index contributed by atoms with van der Waals surface area (Å²) < 4.78 is 0. The molecule has 0 aliphatic heterocycles. The first kappa shape index (κ1) is 9.45. The highest BCUT2D eigenvalue weighted by molar-refractivity contribution is 5.68. The van der Waals surface area contributed by atoms with Gasteiger partial charge in [-0.1, -0.05) is 6.07 Å². The lowest BCUT2D eigenvalue weighted by Crippen LogP contribution is -1.97. The lowest BCUT2D eigenvalue weighted by Gasteiger charge is -2.10. The number of anilines is 3. The summed E-state index contributed by atoms with van der Waals surface area (Å²) in [4.78, 5) is 7.86. The van der Waals surface area contributed by atoms with E-state index in [1.165, 1.54) is 6.33 Å². The SMILES string of the molecule is Cc1c(N)cccc1Nc1cncnc1. The number of aromatic nitrogens is 2. The standard InChI is InChI=1S/C11H12N4/c1-8-10(12)3-2-4-11(8)15-9-5-13-7-14-6-9/h2-7,15H,12H2,1H3. The summed E-state index contributed by atoms with van der Waals surface area (Å²) in [6.45, 7) is 1.97. The van der Waals surface area contributed by atoms with E-state index in [1.807, 2.05) is 25.1 Å². The van der Waals surface area contributed by atoms with Crippen LogP contribution < -0.4 is 11.1 Å². The van der Waals surface area contributed by atoms with E-state index in [9.17, 15) is 0 Å². The zero-order valence-corrected chi connectivity index (χ0v) is 8.44. The molecule has 1 aromatic heterocycles. The van der Waals surface area contributed by atoms with Crippen molar-refractivity contribution in [3.8, 4) is 0 Å². The van der Waals surface area contributed by atoms with Crippen LogP contribution in [0, 0.1) is 6.92 Å². The molecule has 0 saturated carbocycles. The molecule has 76 valence electrons. The highest BCUT2D eigenvalue weighted by Crippen LogP contribution is 2.23. The zero-order valence-electron chi connectivity index (χ0n) is 8.44. The van der Waals surface area contributed by atoms with Gasteiger partial charge in [0.2, 0.25) is 0 Å². The normalized spacial score (nSPS) is 9.93.